The van der Waals surface area contributed by atoms with Crippen LogP contribution in [0.5, 0.6) is 5.75 Å². The summed E-state index contributed by atoms with van der Waals surface area (Å²) < 4.78 is 5.80. The number of urea groups is 1. The number of ether oxygens (including phenoxy) is 1. The van der Waals surface area contributed by atoms with Crippen molar-refractivity contribution in [3.63, 3.8) is 0 Å². The van der Waals surface area contributed by atoms with Gasteiger partial charge in [0.05, 0.1) is 19.2 Å². The van der Waals surface area contributed by atoms with Gasteiger partial charge in [0.15, 0.2) is 0 Å². The minimum atomic E-state index is -0.122. The fraction of sp³-hybridized carbons (Fsp3) is 0.389. The largest absolute Gasteiger partial charge is 0.491 e. The van der Waals surface area contributed by atoms with Crippen molar-refractivity contribution in [1.29, 1.82) is 0 Å². The van der Waals surface area contributed by atoms with E-state index < -0.39 is 0 Å². The molecule has 0 bridgehead atoms. The summed E-state index contributed by atoms with van der Waals surface area (Å²) in [6, 6.07) is 13.8. The number of benzene rings is 2. The van der Waals surface area contributed by atoms with E-state index in [1.807, 2.05) is 42.5 Å². The Morgan fingerprint density at radius 3 is 2.96 bits per heavy atom. The maximum Gasteiger partial charge on any atom is 0.317 e. The van der Waals surface area contributed by atoms with Crippen LogP contribution in [0.1, 0.15) is 12.8 Å². The minimum absolute atomic E-state index is 0.0277. The quantitative estimate of drug-likeness (QED) is 0.833. The molecule has 2 N–H and O–H groups in total. The number of hydrogen-bond donors (Lipinski definition) is 2. The molecule has 1 aliphatic heterocycles. The normalized spacial score (nSPS) is 17.4. The molecule has 1 fully saturated rings. The van der Waals surface area contributed by atoms with Crippen LogP contribution in [0.15, 0.2) is 42.5 Å². The molecule has 0 radical (unpaired) electrons. The van der Waals surface area contributed by atoms with Gasteiger partial charge in [-0.25, -0.2) is 4.79 Å². The second-order valence-electron chi connectivity index (χ2n) is 5.73. The summed E-state index contributed by atoms with van der Waals surface area (Å²) in [4.78, 5) is 13.8. The Kier molecular flexibility index (Phi) is 4.98. The summed E-state index contributed by atoms with van der Waals surface area (Å²) in [6.45, 7) is 1.59. The highest BCUT2D eigenvalue weighted by Crippen LogP contribution is 2.24. The first-order valence-electron chi connectivity index (χ1n) is 8.05. The number of fused-ring (bicyclic) bond motifs is 1. The van der Waals surface area contributed by atoms with Gasteiger partial charge in [0.2, 0.25) is 0 Å². The predicted molar refractivity (Wildman–Crippen MR) is 89.7 cm³/mol. The minimum Gasteiger partial charge on any atom is -0.491 e. The van der Waals surface area contributed by atoms with E-state index in [1.165, 1.54) is 0 Å². The summed E-state index contributed by atoms with van der Waals surface area (Å²) in [6.07, 6.45) is 1.82. The summed E-state index contributed by atoms with van der Waals surface area (Å²) in [5, 5.41) is 14.3. The number of likely N-dealkylation sites (tertiary alicyclic amines) is 1. The third kappa shape index (κ3) is 3.56. The monoisotopic (exact) mass is 314 g/mol. The molecule has 1 atom stereocenters. The molecular weight excluding hydrogens is 292 g/mol. The predicted octanol–water partition coefficient (Wildman–Crippen LogP) is 2.38. The third-order valence-electron chi connectivity index (χ3n) is 4.23. The maximum absolute atomic E-state index is 12.1. The number of aliphatic hydroxyl groups is 1. The molecule has 0 aromatic heterocycles. The second kappa shape index (κ2) is 7.33. The van der Waals surface area contributed by atoms with Gasteiger partial charge in [0.25, 0.3) is 0 Å². The lowest BCUT2D eigenvalue weighted by Crippen LogP contribution is -2.45. The standard InChI is InChI=1S/C18H22N2O3/c21-13-15-7-4-11-20(15)18(22)19-10-12-23-17-9-3-6-14-5-1-2-8-16(14)17/h1-3,5-6,8-9,15,21H,4,7,10-13H2,(H,19,22). The summed E-state index contributed by atoms with van der Waals surface area (Å²) in [5.74, 6) is 0.826. The van der Waals surface area contributed by atoms with Crippen molar-refractivity contribution in [2.45, 2.75) is 18.9 Å². The highest BCUT2D eigenvalue weighted by atomic mass is 16.5. The lowest BCUT2D eigenvalue weighted by molar-refractivity contribution is 0.156. The molecule has 1 saturated heterocycles. The molecule has 3 rings (SSSR count). The molecule has 23 heavy (non-hydrogen) atoms. The molecule has 0 saturated carbocycles. The Labute approximate surface area is 135 Å². The van der Waals surface area contributed by atoms with Gasteiger partial charge < -0.3 is 20.1 Å². The number of hydrogen-bond acceptors (Lipinski definition) is 3. The molecule has 122 valence electrons. The average molecular weight is 314 g/mol. The second-order valence-corrected chi connectivity index (χ2v) is 5.73. The summed E-state index contributed by atoms with van der Waals surface area (Å²) >= 11 is 0. The van der Waals surface area contributed by atoms with E-state index in [0.717, 1.165) is 29.4 Å². The summed E-state index contributed by atoms with van der Waals surface area (Å²) in [7, 11) is 0. The SMILES string of the molecule is O=C(NCCOc1cccc2ccccc12)N1CCCC1CO. The molecule has 5 heteroatoms. The number of carbonyl (C=O) groups excluding carboxylic acids is 1. The van der Waals surface area contributed by atoms with Crippen LogP contribution in [-0.2, 0) is 0 Å². The van der Waals surface area contributed by atoms with Crippen molar-refractivity contribution in [3.05, 3.63) is 42.5 Å². The number of aliphatic hydroxyl groups excluding tert-OH is 1. The van der Waals surface area contributed by atoms with Crippen LogP contribution in [0, 0.1) is 0 Å². The van der Waals surface area contributed by atoms with Crippen LogP contribution in [0.4, 0.5) is 4.79 Å². The molecule has 1 aliphatic rings. The Morgan fingerprint density at radius 1 is 1.26 bits per heavy atom. The van der Waals surface area contributed by atoms with Crippen molar-refractivity contribution >= 4 is 16.8 Å². The van der Waals surface area contributed by atoms with Crippen LogP contribution >= 0.6 is 0 Å². The van der Waals surface area contributed by atoms with Gasteiger partial charge in [-0.2, -0.15) is 0 Å². The van der Waals surface area contributed by atoms with E-state index >= 15 is 0 Å². The maximum atomic E-state index is 12.1. The van der Waals surface area contributed by atoms with E-state index in [-0.39, 0.29) is 18.7 Å². The smallest absolute Gasteiger partial charge is 0.317 e. The van der Waals surface area contributed by atoms with Gasteiger partial charge in [0.1, 0.15) is 12.4 Å². The number of rotatable bonds is 5. The van der Waals surface area contributed by atoms with Gasteiger partial charge >= 0.3 is 6.03 Å². The third-order valence-corrected chi connectivity index (χ3v) is 4.23. The van der Waals surface area contributed by atoms with E-state index in [1.54, 1.807) is 4.90 Å². The zero-order chi connectivity index (χ0) is 16.1. The summed E-state index contributed by atoms with van der Waals surface area (Å²) in [5.41, 5.74) is 0. The molecular formula is C18H22N2O3. The topological polar surface area (TPSA) is 61.8 Å². The van der Waals surface area contributed by atoms with Crippen LogP contribution in [0.2, 0.25) is 0 Å². The van der Waals surface area contributed by atoms with Gasteiger partial charge in [-0.3, -0.25) is 0 Å². The Morgan fingerprint density at radius 2 is 2.09 bits per heavy atom. The van der Waals surface area contributed by atoms with Crippen LogP contribution in [0.25, 0.3) is 10.8 Å². The van der Waals surface area contributed by atoms with Gasteiger partial charge in [0, 0.05) is 11.9 Å². The Hall–Kier alpha value is -2.27. The first kappa shape index (κ1) is 15.6. The highest BCUT2D eigenvalue weighted by molar-refractivity contribution is 5.88. The molecule has 1 unspecified atom stereocenters. The lowest BCUT2D eigenvalue weighted by Gasteiger charge is -2.23. The zero-order valence-electron chi connectivity index (χ0n) is 13.1. The van der Waals surface area contributed by atoms with Gasteiger partial charge in [-0.05, 0) is 24.3 Å². The molecule has 0 spiro atoms. The van der Waals surface area contributed by atoms with Crippen molar-refractivity contribution in [2.24, 2.45) is 0 Å². The first-order valence-corrected chi connectivity index (χ1v) is 8.05. The van der Waals surface area contributed by atoms with E-state index in [2.05, 4.69) is 5.32 Å². The van der Waals surface area contributed by atoms with Crippen molar-refractivity contribution in [3.8, 4) is 5.75 Å². The highest BCUT2D eigenvalue weighted by Gasteiger charge is 2.27. The van der Waals surface area contributed by atoms with Gasteiger partial charge in [-0.15, -0.1) is 0 Å². The van der Waals surface area contributed by atoms with E-state index in [4.69, 9.17) is 4.74 Å². The van der Waals surface area contributed by atoms with Crippen molar-refractivity contribution in [1.82, 2.24) is 10.2 Å². The molecule has 1 heterocycles. The lowest BCUT2D eigenvalue weighted by atomic mass is 10.1. The first-order chi connectivity index (χ1) is 11.3. The average Bonchev–Trinajstić information content (AvgIpc) is 3.07. The Bertz CT molecular complexity index is 669. The number of nitrogens with zero attached hydrogens (tertiary/aromatic N) is 1. The molecule has 5 nitrogen and oxygen atoms in total. The Balaban J connectivity index is 1.50. The van der Waals surface area contributed by atoms with Crippen molar-refractivity contribution in [2.75, 3.05) is 26.3 Å². The number of nitrogens with one attached hydrogen (secondary N) is 1. The van der Waals surface area contributed by atoms with E-state index in [9.17, 15) is 9.90 Å². The number of amides is 2. The number of carbonyl (C=O) groups is 1. The van der Waals surface area contributed by atoms with Gasteiger partial charge in [-0.1, -0.05) is 36.4 Å². The zero-order valence-corrected chi connectivity index (χ0v) is 13.1. The molecule has 0 aliphatic carbocycles. The molecule has 2 amide bonds. The molecule has 2 aromatic rings. The van der Waals surface area contributed by atoms with Crippen LogP contribution in [0.3, 0.4) is 0 Å². The fourth-order valence-electron chi connectivity index (χ4n) is 3.03. The van der Waals surface area contributed by atoms with Crippen molar-refractivity contribution < 1.29 is 14.6 Å². The van der Waals surface area contributed by atoms with Crippen LogP contribution < -0.4 is 10.1 Å². The van der Waals surface area contributed by atoms with E-state index in [0.29, 0.717) is 19.7 Å². The molecule has 2 aromatic carbocycles. The van der Waals surface area contributed by atoms with Crippen LogP contribution in [-0.4, -0.2) is 48.4 Å². The fourth-order valence-corrected chi connectivity index (χ4v) is 3.03.